The van der Waals surface area contributed by atoms with Crippen LogP contribution in [0.25, 0.3) is 11.1 Å². The molecule has 0 amide bonds. The molecule has 0 N–H and O–H groups in total. The van der Waals surface area contributed by atoms with Crippen molar-refractivity contribution in [2.75, 3.05) is 0 Å². The molecule has 0 saturated heterocycles. The second-order valence-electron chi connectivity index (χ2n) is 2.90. The van der Waals surface area contributed by atoms with Crippen molar-refractivity contribution in [3.8, 4) is 11.1 Å². The number of rotatable bonds is 1. The summed E-state index contributed by atoms with van der Waals surface area (Å²) >= 11 is 3.34. The van der Waals surface area contributed by atoms with Gasteiger partial charge in [-0.3, -0.25) is 4.98 Å². The van der Waals surface area contributed by atoms with Gasteiger partial charge >= 0.3 is 0 Å². The van der Waals surface area contributed by atoms with E-state index in [9.17, 15) is 4.39 Å². The van der Waals surface area contributed by atoms with E-state index in [1.165, 1.54) is 12.3 Å². The summed E-state index contributed by atoms with van der Waals surface area (Å²) in [4.78, 5) is 3.80. The number of pyridine rings is 1. The Kier molecular flexibility index (Phi) is 2.59. The quantitative estimate of drug-likeness (QED) is 0.754. The monoisotopic (exact) mass is 251 g/mol. The molecular weight excluding hydrogens is 245 g/mol. The second kappa shape index (κ2) is 3.88. The van der Waals surface area contributed by atoms with Gasteiger partial charge in [0.15, 0.2) is 0 Å². The van der Waals surface area contributed by atoms with Crippen LogP contribution in [0.2, 0.25) is 0 Å². The van der Waals surface area contributed by atoms with E-state index in [1.54, 1.807) is 6.20 Å². The fourth-order valence-corrected chi connectivity index (χ4v) is 1.48. The lowest BCUT2D eigenvalue weighted by molar-refractivity contribution is 0.622. The lowest BCUT2D eigenvalue weighted by Crippen LogP contribution is -1.82. The molecule has 14 heavy (non-hydrogen) atoms. The van der Waals surface area contributed by atoms with Crippen molar-refractivity contribution in [3.63, 3.8) is 0 Å². The van der Waals surface area contributed by atoms with Gasteiger partial charge in [-0.2, -0.15) is 0 Å². The average Bonchev–Trinajstić information content (AvgIpc) is 2.19. The normalized spacial score (nSPS) is 10.1. The number of aromatic nitrogens is 1. The van der Waals surface area contributed by atoms with Crippen molar-refractivity contribution in [1.82, 2.24) is 4.98 Å². The third-order valence-corrected chi connectivity index (χ3v) is 2.41. The number of halogens is 2. The van der Waals surface area contributed by atoms with Gasteiger partial charge in [0.1, 0.15) is 5.82 Å². The van der Waals surface area contributed by atoms with Crippen LogP contribution in [-0.2, 0) is 0 Å². The maximum Gasteiger partial charge on any atom is 0.142 e. The molecule has 0 bridgehead atoms. The lowest BCUT2D eigenvalue weighted by atomic mass is 10.1. The number of nitrogens with zero attached hydrogens (tertiary/aromatic N) is 1. The smallest absolute Gasteiger partial charge is 0.142 e. The Balaban J connectivity index is 2.44. The average molecular weight is 252 g/mol. The Bertz CT molecular complexity index is 439. The molecule has 0 aliphatic rings. The first-order chi connectivity index (χ1) is 6.75. The molecule has 0 unspecified atom stereocenters. The molecule has 0 aliphatic heterocycles. The molecule has 1 aromatic carbocycles. The Hall–Kier alpha value is -1.22. The minimum absolute atomic E-state index is 0.314. The summed E-state index contributed by atoms with van der Waals surface area (Å²) in [7, 11) is 0. The van der Waals surface area contributed by atoms with E-state index in [2.05, 4.69) is 20.9 Å². The highest BCUT2D eigenvalue weighted by atomic mass is 79.9. The van der Waals surface area contributed by atoms with Crippen molar-refractivity contribution in [2.45, 2.75) is 0 Å². The first-order valence-electron chi connectivity index (χ1n) is 4.12. The summed E-state index contributed by atoms with van der Waals surface area (Å²) in [5, 5.41) is 0. The highest BCUT2D eigenvalue weighted by molar-refractivity contribution is 9.10. The lowest BCUT2D eigenvalue weighted by Gasteiger charge is -2.00. The van der Waals surface area contributed by atoms with Gasteiger partial charge in [0.05, 0.1) is 6.20 Å². The molecule has 1 heterocycles. The van der Waals surface area contributed by atoms with Crippen molar-refractivity contribution in [2.24, 2.45) is 0 Å². The van der Waals surface area contributed by atoms with Gasteiger partial charge in [-0.1, -0.05) is 28.1 Å². The van der Waals surface area contributed by atoms with Crippen molar-refractivity contribution in [1.29, 1.82) is 0 Å². The Morgan fingerprint density at radius 3 is 2.36 bits per heavy atom. The van der Waals surface area contributed by atoms with Crippen molar-refractivity contribution >= 4 is 15.9 Å². The zero-order valence-electron chi connectivity index (χ0n) is 7.24. The van der Waals surface area contributed by atoms with Gasteiger partial charge in [-0.15, -0.1) is 0 Å². The highest BCUT2D eigenvalue weighted by Crippen LogP contribution is 2.21. The molecule has 0 fully saturated rings. The zero-order chi connectivity index (χ0) is 9.97. The minimum atomic E-state index is -0.314. The number of hydrogen-bond acceptors (Lipinski definition) is 1. The molecule has 70 valence electrons. The van der Waals surface area contributed by atoms with Crippen LogP contribution >= 0.6 is 15.9 Å². The molecule has 1 aromatic heterocycles. The summed E-state index contributed by atoms with van der Waals surface area (Å²) < 4.78 is 13.9. The van der Waals surface area contributed by atoms with Gasteiger partial charge in [-0.05, 0) is 23.8 Å². The maximum atomic E-state index is 12.9. The van der Waals surface area contributed by atoms with E-state index in [0.29, 0.717) is 0 Å². The van der Waals surface area contributed by atoms with Crippen LogP contribution in [0.5, 0.6) is 0 Å². The van der Waals surface area contributed by atoms with E-state index in [4.69, 9.17) is 0 Å². The van der Waals surface area contributed by atoms with Crippen LogP contribution in [0.3, 0.4) is 0 Å². The van der Waals surface area contributed by atoms with E-state index >= 15 is 0 Å². The van der Waals surface area contributed by atoms with Crippen LogP contribution in [0.15, 0.2) is 47.2 Å². The summed E-state index contributed by atoms with van der Waals surface area (Å²) in [5.74, 6) is -0.314. The molecule has 0 spiro atoms. The molecule has 0 atom stereocenters. The summed E-state index contributed by atoms with van der Waals surface area (Å²) in [6, 6.07) is 9.14. The van der Waals surface area contributed by atoms with Gasteiger partial charge in [-0.25, -0.2) is 4.39 Å². The summed E-state index contributed by atoms with van der Waals surface area (Å²) in [5.41, 5.74) is 1.75. The molecule has 2 rings (SSSR count). The van der Waals surface area contributed by atoms with Gasteiger partial charge in [0.2, 0.25) is 0 Å². The van der Waals surface area contributed by atoms with E-state index in [-0.39, 0.29) is 5.82 Å². The predicted molar refractivity (Wildman–Crippen MR) is 57.3 cm³/mol. The standard InChI is InChI=1S/C11H7BrFN/c12-10-3-1-8(2-4-10)9-5-11(13)7-14-6-9/h1-7H. The zero-order valence-corrected chi connectivity index (χ0v) is 8.83. The van der Waals surface area contributed by atoms with Gasteiger partial charge in [0.25, 0.3) is 0 Å². The van der Waals surface area contributed by atoms with E-state index in [1.807, 2.05) is 24.3 Å². The van der Waals surface area contributed by atoms with Crippen LogP contribution in [0.4, 0.5) is 4.39 Å². The number of benzene rings is 1. The molecule has 0 saturated carbocycles. The largest absolute Gasteiger partial charge is 0.261 e. The molecule has 3 heteroatoms. The number of hydrogen-bond donors (Lipinski definition) is 0. The Morgan fingerprint density at radius 1 is 1.00 bits per heavy atom. The maximum absolute atomic E-state index is 12.9. The molecule has 1 nitrogen and oxygen atoms in total. The van der Waals surface area contributed by atoms with E-state index < -0.39 is 0 Å². The first-order valence-corrected chi connectivity index (χ1v) is 4.91. The van der Waals surface area contributed by atoms with Gasteiger partial charge in [0, 0.05) is 16.2 Å². The third kappa shape index (κ3) is 1.99. The molecule has 0 radical (unpaired) electrons. The van der Waals surface area contributed by atoms with Gasteiger partial charge < -0.3 is 0 Å². The fourth-order valence-electron chi connectivity index (χ4n) is 1.21. The Labute approximate surface area is 89.7 Å². The summed E-state index contributed by atoms with van der Waals surface area (Å²) in [6.07, 6.45) is 2.84. The van der Waals surface area contributed by atoms with Crippen LogP contribution in [0.1, 0.15) is 0 Å². The topological polar surface area (TPSA) is 12.9 Å². The second-order valence-corrected chi connectivity index (χ2v) is 3.81. The highest BCUT2D eigenvalue weighted by Gasteiger charge is 1.98. The Morgan fingerprint density at radius 2 is 1.71 bits per heavy atom. The van der Waals surface area contributed by atoms with Crippen molar-refractivity contribution < 1.29 is 4.39 Å². The predicted octanol–water partition coefficient (Wildman–Crippen LogP) is 3.65. The fraction of sp³-hybridized carbons (Fsp3) is 0. The van der Waals surface area contributed by atoms with E-state index in [0.717, 1.165) is 15.6 Å². The third-order valence-electron chi connectivity index (χ3n) is 1.88. The molecule has 0 aliphatic carbocycles. The molecular formula is C11H7BrFN. The van der Waals surface area contributed by atoms with Crippen LogP contribution in [0, 0.1) is 5.82 Å². The molecule has 2 aromatic rings. The SMILES string of the molecule is Fc1cncc(-c2ccc(Br)cc2)c1. The van der Waals surface area contributed by atoms with Crippen LogP contribution in [-0.4, -0.2) is 4.98 Å². The minimum Gasteiger partial charge on any atom is -0.261 e. The first kappa shape index (κ1) is 9.34. The summed E-state index contributed by atoms with van der Waals surface area (Å²) in [6.45, 7) is 0. The van der Waals surface area contributed by atoms with Crippen molar-refractivity contribution in [3.05, 3.63) is 53.0 Å². The van der Waals surface area contributed by atoms with Crippen LogP contribution < -0.4 is 0 Å².